The molecule has 142 valence electrons. The van der Waals surface area contributed by atoms with Crippen LogP contribution in [0.2, 0.25) is 0 Å². The second kappa shape index (κ2) is 7.62. The minimum absolute atomic E-state index is 0.0748. The van der Waals surface area contributed by atoms with E-state index in [4.69, 9.17) is 4.74 Å². The number of pyridine rings is 1. The number of aromatic nitrogens is 1. The maximum Gasteiger partial charge on any atom is 0.234 e. The Balaban J connectivity index is 1.27. The number of hydrogen-bond acceptors (Lipinski definition) is 5. The number of hydrogen-bond donors (Lipinski definition) is 1. The highest BCUT2D eigenvalue weighted by Crippen LogP contribution is 2.30. The Kier molecular flexibility index (Phi) is 5.25. The lowest BCUT2D eigenvalue weighted by Gasteiger charge is -2.47. The lowest BCUT2D eigenvalue weighted by atomic mass is 9.89. The quantitative estimate of drug-likeness (QED) is 0.861. The molecule has 3 fully saturated rings. The summed E-state index contributed by atoms with van der Waals surface area (Å²) in [7, 11) is 0. The molecule has 1 amide bonds. The highest BCUT2D eigenvalue weighted by atomic mass is 16.5. The second-order valence-electron chi connectivity index (χ2n) is 8.13. The molecule has 4 rings (SSSR count). The molecule has 1 aliphatic carbocycles. The highest BCUT2D eigenvalue weighted by molar-refractivity contribution is 5.78. The van der Waals surface area contributed by atoms with E-state index in [1.807, 2.05) is 13.0 Å². The lowest BCUT2D eigenvalue weighted by Crippen LogP contribution is -2.58. The topological polar surface area (TPSA) is 57.7 Å². The number of ether oxygens (including phenoxy) is 1. The van der Waals surface area contributed by atoms with Crippen molar-refractivity contribution >= 4 is 5.91 Å². The molecule has 6 heteroatoms. The average molecular weight is 358 g/mol. The summed E-state index contributed by atoms with van der Waals surface area (Å²) in [6.07, 6.45) is 4.34. The van der Waals surface area contributed by atoms with E-state index in [0.29, 0.717) is 12.6 Å². The average Bonchev–Trinajstić information content (AvgIpc) is 3.41. The number of aryl methyl sites for hydroxylation is 1. The first-order chi connectivity index (χ1) is 12.6. The van der Waals surface area contributed by atoms with Crippen LogP contribution in [0.3, 0.4) is 0 Å². The zero-order valence-electron chi connectivity index (χ0n) is 15.7. The molecule has 6 nitrogen and oxygen atoms in total. The molecule has 1 N–H and O–H groups in total. The SMILES string of the molecule is Cc1cccc(CN2CCC3(CC2)CN(CC(=O)NC2CC2)CCO3)n1. The van der Waals surface area contributed by atoms with E-state index in [-0.39, 0.29) is 11.5 Å². The first-order valence-corrected chi connectivity index (χ1v) is 9.91. The maximum atomic E-state index is 12.1. The monoisotopic (exact) mass is 358 g/mol. The number of carbonyl (C=O) groups excluding carboxylic acids is 1. The standard InChI is InChI=1S/C20H30N4O2/c1-16-3-2-4-18(21-16)13-23-9-7-20(8-10-23)15-24(11-12-26-20)14-19(25)22-17-5-6-17/h2-4,17H,5-15H2,1H3,(H,22,25). The second-order valence-corrected chi connectivity index (χ2v) is 8.13. The zero-order chi connectivity index (χ0) is 18.0. The molecule has 3 heterocycles. The zero-order valence-corrected chi connectivity index (χ0v) is 15.7. The van der Waals surface area contributed by atoms with Gasteiger partial charge >= 0.3 is 0 Å². The van der Waals surface area contributed by atoms with Gasteiger partial charge in [-0.15, -0.1) is 0 Å². The van der Waals surface area contributed by atoms with Crippen molar-refractivity contribution in [3.05, 3.63) is 29.6 Å². The van der Waals surface area contributed by atoms with E-state index in [1.165, 1.54) is 0 Å². The summed E-state index contributed by atoms with van der Waals surface area (Å²) in [5.41, 5.74) is 2.14. The molecule has 1 aromatic heterocycles. The first kappa shape index (κ1) is 17.9. The van der Waals surface area contributed by atoms with Crippen LogP contribution in [0, 0.1) is 6.92 Å². The molecule has 0 aromatic carbocycles. The van der Waals surface area contributed by atoms with Gasteiger partial charge in [0.2, 0.25) is 5.91 Å². The largest absolute Gasteiger partial charge is 0.372 e. The molecule has 3 aliphatic rings. The summed E-state index contributed by atoms with van der Waals surface area (Å²) in [6, 6.07) is 6.67. The van der Waals surface area contributed by atoms with E-state index >= 15 is 0 Å². The van der Waals surface area contributed by atoms with Crippen molar-refractivity contribution in [1.82, 2.24) is 20.1 Å². The van der Waals surface area contributed by atoms with Crippen molar-refractivity contribution < 1.29 is 9.53 Å². The summed E-state index contributed by atoms with van der Waals surface area (Å²) in [4.78, 5) is 21.5. The molecule has 26 heavy (non-hydrogen) atoms. The predicted molar refractivity (Wildman–Crippen MR) is 99.8 cm³/mol. The Morgan fingerprint density at radius 1 is 1.27 bits per heavy atom. The van der Waals surface area contributed by atoms with Gasteiger partial charge < -0.3 is 10.1 Å². The molecule has 0 radical (unpaired) electrons. The molecule has 0 atom stereocenters. The van der Waals surface area contributed by atoms with Crippen LogP contribution in [-0.2, 0) is 16.1 Å². The molecule has 1 saturated carbocycles. The number of nitrogens with one attached hydrogen (secondary N) is 1. The third-order valence-electron chi connectivity index (χ3n) is 5.74. The third kappa shape index (κ3) is 4.61. The van der Waals surface area contributed by atoms with E-state index in [0.717, 1.165) is 76.4 Å². The van der Waals surface area contributed by atoms with Crippen molar-refractivity contribution in [3.8, 4) is 0 Å². The Morgan fingerprint density at radius 2 is 2.08 bits per heavy atom. The Hall–Kier alpha value is -1.50. The first-order valence-electron chi connectivity index (χ1n) is 9.91. The van der Waals surface area contributed by atoms with Crippen LogP contribution in [0.4, 0.5) is 0 Å². The number of likely N-dealkylation sites (tertiary alicyclic amines) is 1. The fourth-order valence-electron chi connectivity index (χ4n) is 4.10. The van der Waals surface area contributed by atoms with Gasteiger partial charge in [0.05, 0.1) is 24.4 Å². The van der Waals surface area contributed by atoms with Gasteiger partial charge in [-0.2, -0.15) is 0 Å². The predicted octanol–water partition coefficient (Wildman–Crippen LogP) is 1.34. The third-order valence-corrected chi connectivity index (χ3v) is 5.74. The number of morpholine rings is 1. The summed E-state index contributed by atoms with van der Waals surface area (Å²) in [6.45, 7) is 7.98. The number of carbonyl (C=O) groups is 1. The number of piperidine rings is 1. The van der Waals surface area contributed by atoms with Crippen molar-refractivity contribution in [2.24, 2.45) is 0 Å². The highest BCUT2D eigenvalue weighted by Gasteiger charge is 2.40. The van der Waals surface area contributed by atoms with Gasteiger partial charge in [0.15, 0.2) is 0 Å². The van der Waals surface area contributed by atoms with Crippen LogP contribution in [0.15, 0.2) is 18.2 Å². The van der Waals surface area contributed by atoms with Crippen molar-refractivity contribution in [3.63, 3.8) is 0 Å². The molecule has 2 aliphatic heterocycles. The van der Waals surface area contributed by atoms with Crippen LogP contribution >= 0.6 is 0 Å². The summed E-state index contributed by atoms with van der Waals surface area (Å²) in [5, 5.41) is 3.09. The molecule has 0 unspecified atom stereocenters. The van der Waals surface area contributed by atoms with Crippen LogP contribution in [0.5, 0.6) is 0 Å². The fourth-order valence-corrected chi connectivity index (χ4v) is 4.10. The van der Waals surface area contributed by atoms with Gasteiger partial charge in [0, 0.05) is 44.5 Å². The van der Waals surface area contributed by atoms with Crippen LogP contribution in [-0.4, -0.2) is 71.7 Å². The van der Waals surface area contributed by atoms with Crippen LogP contribution in [0.25, 0.3) is 0 Å². The fraction of sp³-hybridized carbons (Fsp3) is 0.700. The molecule has 1 aromatic rings. The molecule has 1 spiro atoms. The Labute approximate surface area is 155 Å². The minimum Gasteiger partial charge on any atom is -0.372 e. The molecule has 0 bridgehead atoms. The van der Waals surface area contributed by atoms with E-state index in [2.05, 4.69) is 32.2 Å². The van der Waals surface area contributed by atoms with Gasteiger partial charge in [-0.05, 0) is 44.7 Å². The van der Waals surface area contributed by atoms with Gasteiger partial charge in [-0.1, -0.05) is 6.07 Å². The van der Waals surface area contributed by atoms with E-state index in [9.17, 15) is 4.79 Å². The summed E-state index contributed by atoms with van der Waals surface area (Å²) in [5.74, 6) is 0.174. The number of nitrogens with zero attached hydrogens (tertiary/aromatic N) is 3. The normalized spacial score (nSPS) is 23.9. The van der Waals surface area contributed by atoms with Crippen molar-refractivity contribution in [2.45, 2.75) is 50.8 Å². The molecular formula is C20H30N4O2. The van der Waals surface area contributed by atoms with Gasteiger partial charge in [-0.25, -0.2) is 0 Å². The van der Waals surface area contributed by atoms with E-state index < -0.39 is 0 Å². The van der Waals surface area contributed by atoms with Crippen LogP contribution in [0.1, 0.15) is 37.1 Å². The van der Waals surface area contributed by atoms with Gasteiger partial charge in [-0.3, -0.25) is 19.6 Å². The molecule has 2 saturated heterocycles. The summed E-state index contributed by atoms with van der Waals surface area (Å²) < 4.78 is 6.21. The lowest BCUT2D eigenvalue weighted by molar-refractivity contribution is -0.143. The smallest absolute Gasteiger partial charge is 0.234 e. The van der Waals surface area contributed by atoms with Crippen molar-refractivity contribution in [2.75, 3.05) is 39.3 Å². The van der Waals surface area contributed by atoms with Crippen molar-refractivity contribution in [1.29, 1.82) is 0 Å². The molecular weight excluding hydrogens is 328 g/mol. The Morgan fingerprint density at radius 3 is 2.81 bits per heavy atom. The summed E-state index contributed by atoms with van der Waals surface area (Å²) >= 11 is 0. The van der Waals surface area contributed by atoms with Crippen LogP contribution < -0.4 is 5.32 Å². The van der Waals surface area contributed by atoms with Gasteiger partial charge in [0.1, 0.15) is 0 Å². The Bertz CT molecular complexity index is 638. The maximum absolute atomic E-state index is 12.1. The minimum atomic E-state index is -0.0748. The van der Waals surface area contributed by atoms with E-state index in [1.54, 1.807) is 0 Å². The van der Waals surface area contributed by atoms with Gasteiger partial charge in [0.25, 0.3) is 0 Å². The number of amides is 1. The number of rotatable bonds is 5.